The van der Waals surface area contributed by atoms with E-state index in [2.05, 4.69) is 22.1 Å². The van der Waals surface area contributed by atoms with E-state index in [1.165, 1.54) is 38.8 Å². The Bertz CT molecular complexity index is 382. The van der Waals surface area contributed by atoms with E-state index in [1.54, 1.807) is 6.21 Å². The normalized spacial score (nSPS) is 28.7. The highest BCUT2D eigenvalue weighted by molar-refractivity contribution is 5.77. The monoisotopic (exact) mass is 290 g/mol. The van der Waals surface area contributed by atoms with Crippen molar-refractivity contribution in [1.82, 2.24) is 10.2 Å². The maximum absolute atomic E-state index is 5.84. The molecule has 4 heteroatoms. The average Bonchev–Trinajstić information content (AvgIpc) is 2.42. The van der Waals surface area contributed by atoms with Crippen LogP contribution in [0.4, 0.5) is 0 Å². The van der Waals surface area contributed by atoms with Gasteiger partial charge in [0, 0.05) is 37.6 Å². The molecule has 0 bridgehead atoms. The molecule has 2 rings (SSSR count). The van der Waals surface area contributed by atoms with Gasteiger partial charge >= 0.3 is 0 Å². The van der Waals surface area contributed by atoms with E-state index >= 15 is 0 Å². The molecule has 21 heavy (non-hydrogen) atoms. The Morgan fingerprint density at radius 2 is 2.19 bits per heavy atom. The highest BCUT2D eigenvalue weighted by atomic mass is 15.2. The van der Waals surface area contributed by atoms with Gasteiger partial charge in [0.05, 0.1) is 0 Å². The van der Waals surface area contributed by atoms with Crippen LogP contribution >= 0.6 is 0 Å². The van der Waals surface area contributed by atoms with Crippen molar-refractivity contribution in [3.63, 3.8) is 0 Å². The van der Waals surface area contributed by atoms with Crippen molar-refractivity contribution in [1.29, 1.82) is 0 Å². The molecule has 0 spiro atoms. The second-order valence-corrected chi connectivity index (χ2v) is 6.13. The first kappa shape index (κ1) is 16.1. The van der Waals surface area contributed by atoms with Gasteiger partial charge in [-0.2, -0.15) is 0 Å². The van der Waals surface area contributed by atoms with Crippen LogP contribution in [0.3, 0.4) is 0 Å². The lowest BCUT2D eigenvalue weighted by atomic mass is 9.90. The van der Waals surface area contributed by atoms with Gasteiger partial charge in [-0.1, -0.05) is 13.3 Å². The van der Waals surface area contributed by atoms with Crippen molar-refractivity contribution in [3.8, 4) is 0 Å². The summed E-state index contributed by atoms with van der Waals surface area (Å²) in [7, 11) is 0. The van der Waals surface area contributed by atoms with Crippen LogP contribution in [0.2, 0.25) is 0 Å². The predicted molar refractivity (Wildman–Crippen MR) is 90.4 cm³/mol. The first-order valence-corrected chi connectivity index (χ1v) is 8.39. The molecule has 0 radical (unpaired) electrons. The number of aliphatic imine (C=N–C) groups is 1. The third kappa shape index (κ3) is 5.54. The first-order chi connectivity index (χ1) is 10.3. The van der Waals surface area contributed by atoms with Crippen LogP contribution in [0.25, 0.3) is 0 Å². The molecule has 1 saturated carbocycles. The third-order valence-electron chi connectivity index (χ3n) is 4.60. The molecule has 1 aliphatic carbocycles. The summed E-state index contributed by atoms with van der Waals surface area (Å²) < 4.78 is 0. The Morgan fingerprint density at radius 1 is 1.33 bits per heavy atom. The molecular formula is C17H30N4. The van der Waals surface area contributed by atoms with Crippen molar-refractivity contribution in [2.75, 3.05) is 26.2 Å². The summed E-state index contributed by atoms with van der Waals surface area (Å²) in [6.45, 7) is 6.59. The van der Waals surface area contributed by atoms with Gasteiger partial charge in [-0.15, -0.1) is 0 Å². The van der Waals surface area contributed by atoms with Gasteiger partial charge in [0.25, 0.3) is 0 Å². The minimum Gasteiger partial charge on any atom is -0.397 e. The van der Waals surface area contributed by atoms with Crippen LogP contribution < -0.4 is 11.1 Å². The molecule has 4 nitrogen and oxygen atoms in total. The Balaban J connectivity index is 1.88. The molecule has 1 fully saturated rings. The molecule has 0 aromatic rings. The predicted octanol–water partition coefficient (Wildman–Crippen LogP) is 2.29. The molecular weight excluding hydrogens is 260 g/mol. The summed E-state index contributed by atoms with van der Waals surface area (Å²) >= 11 is 0. The molecule has 0 saturated heterocycles. The summed E-state index contributed by atoms with van der Waals surface area (Å²) in [5.74, 6) is 0.716. The Kier molecular flexibility index (Phi) is 6.80. The van der Waals surface area contributed by atoms with Gasteiger partial charge in [0.15, 0.2) is 0 Å². The number of nitrogens with zero attached hydrogens (tertiary/aromatic N) is 2. The number of nitrogens with one attached hydrogen (secondary N) is 1. The highest BCUT2D eigenvalue weighted by Crippen LogP contribution is 2.26. The molecule has 1 atom stereocenters. The SMILES string of the molecule is CCN(CC1CCN=C/C(N)=C\C=C\NCC1)C1CCC1. The maximum atomic E-state index is 5.84. The van der Waals surface area contributed by atoms with Crippen LogP contribution in [0.15, 0.2) is 29.0 Å². The molecule has 0 aromatic heterocycles. The Labute approximate surface area is 129 Å². The minimum absolute atomic E-state index is 0.716. The molecule has 2 aliphatic rings. The lowest BCUT2D eigenvalue weighted by Crippen LogP contribution is -2.43. The average molecular weight is 290 g/mol. The van der Waals surface area contributed by atoms with Crippen LogP contribution in [0.5, 0.6) is 0 Å². The number of allylic oxidation sites excluding steroid dienone is 3. The van der Waals surface area contributed by atoms with Crippen LogP contribution in [0.1, 0.15) is 39.0 Å². The van der Waals surface area contributed by atoms with Crippen LogP contribution in [-0.2, 0) is 0 Å². The summed E-state index contributed by atoms with van der Waals surface area (Å²) in [4.78, 5) is 7.13. The summed E-state index contributed by atoms with van der Waals surface area (Å²) in [5.41, 5.74) is 6.56. The van der Waals surface area contributed by atoms with Crippen molar-refractivity contribution in [2.24, 2.45) is 16.6 Å². The summed E-state index contributed by atoms with van der Waals surface area (Å²) in [6.07, 6.45) is 14.1. The summed E-state index contributed by atoms with van der Waals surface area (Å²) in [5, 5.41) is 3.36. The van der Waals surface area contributed by atoms with Crippen molar-refractivity contribution < 1.29 is 0 Å². The van der Waals surface area contributed by atoms with Gasteiger partial charge in [-0.25, -0.2) is 0 Å². The van der Waals surface area contributed by atoms with Gasteiger partial charge in [-0.3, -0.25) is 4.99 Å². The van der Waals surface area contributed by atoms with Gasteiger partial charge in [0.2, 0.25) is 0 Å². The van der Waals surface area contributed by atoms with Crippen LogP contribution in [0, 0.1) is 5.92 Å². The molecule has 1 aliphatic heterocycles. The maximum Gasteiger partial charge on any atom is 0.0496 e. The minimum atomic E-state index is 0.716. The Hall–Kier alpha value is -1.29. The second-order valence-electron chi connectivity index (χ2n) is 6.13. The van der Waals surface area contributed by atoms with E-state index in [-0.39, 0.29) is 0 Å². The number of hydrogen-bond acceptors (Lipinski definition) is 4. The number of hydrogen-bond donors (Lipinski definition) is 2. The molecule has 0 aromatic carbocycles. The second kappa shape index (κ2) is 8.88. The number of rotatable bonds is 4. The van der Waals surface area contributed by atoms with E-state index in [9.17, 15) is 0 Å². The molecule has 118 valence electrons. The fraction of sp³-hybridized carbons (Fsp3) is 0.706. The fourth-order valence-electron chi connectivity index (χ4n) is 3.01. The van der Waals surface area contributed by atoms with Gasteiger partial charge < -0.3 is 16.0 Å². The van der Waals surface area contributed by atoms with Gasteiger partial charge in [0.1, 0.15) is 0 Å². The summed E-state index contributed by atoms with van der Waals surface area (Å²) in [6, 6.07) is 0.839. The standard InChI is InChI=1S/C17H30N4/c1-2-21(17-6-3-7-17)14-15-8-11-19-10-4-5-16(18)13-20-12-9-15/h4-5,10,13,15,17,19H,2-3,6-9,11-12,14,18H2,1H3/b10-4+,16-5+,20-13?. The first-order valence-electron chi connectivity index (χ1n) is 8.39. The lowest BCUT2D eigenvalue weighted by molar-refractivity contribution is 0.110. The Morgan fingerprint density at radius 3 is 2.90 bits per heavy atom. The van der Waals surface area contributed by atoms with Crippen molar-refractivity contribution in [3.05, 3.63) is 24.0 Å². The van der Waals surface area contributed by atoms with E-state index in [0.717, 1.165) is 31.2 Å². The van der Waals surface area contributed by atoms with E-state index < -0.39 is 0 Å². The zero-order valence-corrected chi connectivity index (χ0v) is 13.3. The zero-order valence-electron chi connectivity index (χ0n) is 13.3. The van der Waals surface area contributed by atoms with Crippen LogP contribution in [-0.4, -0.2) is 43.3 Å². The molecule has 1 heterocycles. The van der Waals surface area contributed by atoms with Crippen molar-refractivity contribution in [2.45, 2.75) is 45.1 Å². The van der Waals surface area contributed by atoms with Gasteiger partial charge in [-0.05, 0) is 56.5 Å². The topological polar surface area (TPSA) is 53.6 Å². The quantitative estimate of drug-likeness (QED) is 0.835. The number of nitrogens with two attached hydrogens (primary N) is 1. The lowest BCUT2D eigenvalue weighted by Gasteiger charge is -2.39. The smallest absolute Gasteiger partial charge is 0.0496 e. The van der Waals surface area contributed by atoms with E-state index in [4.69, 9.17) is 5.73 Å². The molecule has 1 unspecified atom stereocenters. The zero-order chi connectivity index (χ0) is 14.9. The molecule has 0 amide bonds. The molecule has 3 N–H and O–H groups in total. The van der Waals surface area contributed by atoms with E-state index in [1.807, 2.05) is 18.4 Å². The largest absolute Gasteiger partial charge is 0.397 e. The highest BCUT2D eigenvalue weighted by Gasteiger charge is 2.25. The fourth-order valence-corrected chi connectivity index (χ4v) is 3.01. The third-order valence-corrected chi connectivity index (χ3v) is 4.60. The van der Waals surface area contributed by atoms with Crippen molar-refractivity contribution >= 4 is 6.21 Å². The van der Waals surface area contributed by atoms with E-state index in [0.29, 0.717) is 5.92 Å².